The van der Waals surface area contributed by atoms with Gasteiger partial charge in [0.2, 0.25) is 0 Å². The van der Waals surface area contributed by atoms with E-state index in [0.717, 1.165) is 18.8 Å². The monoisotopic (exact) mass is 225 g/mol. The number of hydrogen-bond donors (Lipinski definition) is 1. The second kappa shape index (κ2) is 5.65. The van der Waals surface area contributed by atoms with Crippen molar-refractivity contribution < 1.29 is 9.90 Å². The molecular weight excluding hydrogens is 206 g/mol. The Labute approximate surface area is 95.7 Å². The Morgan fingerprint density at radius 3 is 2.75 bits per heavy atom. The molecule has 0 atom stereocenters. The van der Waals surface area contributed by atoms with E-state index in [4.69, 9.17) is 5.11 Å². The third-order valence-corrected chi connectivity index (χ3v) is 2.61. The SMILES string of the molecule is CC(C)N(CCc1nccn1C)CC(=O)O. The van der Waals surface area contributed by atoms with Crippen LogP contribution in [0.4, 0.5) is 0 Å². The number of aryl methyl sites for hydroxylation is 1. The van der Waals surface area contributed by atoms with Crippen LogP contribution in [0.5, 0.6) is 0 Å². The van der Waals surface area contributed by atoms with Gasteiger partial charge in [-0.2, -0.15) is 0 Å². The van der Waals surface area contributed by atoms with Gasteiger partial charge < -0.3 is 9.67 Å². The molecule has 1 rings (SSSR count). The van der Waals surface area contributed by atoms with E-state index in [2.05, 4.69) is 4.98 Å². The maximum atomic E-state index is 10.7. The average molecular weight is 225 g/mol. The third-order valence-electron chi connectivity index (χ3n) is 2.61. The molecule has 0 aliphatic rings. The molecular formula is C11H19N3O2. The Bertz CT molecular complexity index is 347. The molecule has 0 aromatic carbocycles. The number of carbonyl (C=O) groups is 1. The number of carboxylic acid groups (broad SMARTS) is 1. The van der Waals surface area contributed by atoms with Gasteiger partial charge in [0.15, 0.2) is 0 Å². The molecule has 0 unspecified atom stereocenters. The molecule has 16 heavy (non-hydrogen) atoms. The molecule has 0 spiro atoms. The van der Waals surface area contributed by atoms with E-state index in [1.807, 2.05) is 36.6 Å². The summed E-state index contributed by atoms with van der Waals surface area (Å²) in [5.74, 6) is 0.199. The molecule has 1 N–H and O–H groups in total. The largest absolute Gasteiger partial charge is 0.480 e. The highest BCUT2D eigenvalue weighted by Crippen LogP contribution is 2.02. The Balaban J connectivity index is 2.50. The van der Waals surface area contributed by atoms with Gasteiger partial charge in [-0.15, -0.1) is 0 Å². The topological polar surface area (TPSA) is 58.4 Å². The lowest BCUT2D eigenvalue weighted by molar-refractivity contribution is -0.138. The summed E-state index contributed by atoms with van der Waals surface area (Å²) < 4.78 is 1.96. The fourth-order valence-corrected chi connectivity index (χ4v) is 1.57. The number of aromatic nitrogens is 2. The van der Waals surface area contributed by atoms with E-state index < -0.39 is 5.97 Å². The molecule has 1 heterocycles. The Kier molecular flexibility index (Phi) is 4.49. The van der Waals surface area contributed by atoms with Gasteiger partial charge in [-0.1, -0.05) is 0 Å². The maximum absolute atomic E-state index is 10.7. The van der Waals surface area contributed by atoms with E-state index in [1.165, 1.54) is 0 Å². The first kappa shape index (κ1) is 12.7. The highest BCUT2D eigenvalue weighted by molar-refractivity contribution is 5.69. The van der Waals surface area contributed by atoms with Crippen LogP contribution in [0.2, 0.25) is 0 Å². The summed E-state index contributed by atoms with van der Waals surface area (Å²) in [6.07, 6.45) is 4.42. The van der Waals surface area contributed by atoms with E-state index in [0.29, 0.717) is 0 Å². The van der Waals surface area contributed by atoms with Crippen molar-refractivity contribution in [3.63, 3.8) is 0 Å². The molecule has 0 fully saturated rings. The molecule has 5 nitrogen and oxygen atoms in total. The standard InChI is InChI=1S/C11H19N3O2/c1-9(2)14(8-11(15)16)6-4-10-12-5-7-13(10)3/h5,7,9H,4,6,8H2,1-3H3,(H,15,16). The van der Waals surface area contributed by atoms with Crippen LogP contribution < -0.4 is 0 Å². The summed E-state index contributed by atoms with van der Waals surface area (Å²) in [6.45, 7) is 4.81. The van der Waals surface area contributed by atoms with E-state index in [1.54, 1.807) is 6.20 Å². The van der Waals surface area contributed by atoms with Crippen LogP contribution in [-0.2, 0) is 18.3 Å². The van der Waals surface area contributed by atoms with Crippen LogP contribution in [0.25, 0.3) is 0 Å². The number of rotatable bonds is 6. The molecule has 0 amide bonds. The highest BCUT2D eigenvalue weighted by Gasteiger charge is 2.13. The predicted octanol–water partition coefficient (Wildman–Crippen LogP) is 0.758. The zero-order valence-corrected chi connectivity index (χ0v) is 10.1. The van der Waals surface area contributed by atoms with E-state index in [9.17, 15) is 4.79 Å². The molecule has 0 aliphatic heterocycles. The average Bonchev–Trinajstić information content (AvgIpc) is 2.57. The van der Waals surface area contributed by atoms with Crippen LogP contribution in [0.3, 0.4) is 0 Å². The van der Waals surface area contributed by atoms with Crippen LogP contribution >= 0.6 is 0 Å². The summed E-state index contributed by atoms with van der Waals surface area (Å²) in [5.41, 5.74) is 0. The first-order valence-electron chi connectivity index (χ1n) is 5.42. The smallest absolute Gasteiger partial charge is 0.317 e. The van der Waals surface area contributed by atoms with Gasteiger partial charge >= 0.3 is 5.97 Å². The molecule has 0 radical (unpaired) electrons. The number of hydrogen-bond acceptors (Lipinski definition) is 3. The van der Waals surface area contributed by atoms with E-state index in [-0.39, 0.29) is 12.6 Å². The van der Waals surface area contributed by atoms with Crippen LogP contribution in [-0.4, -0.2) is 44.7 Å². The van der Waals surface area contributed by atoms with Crippen LogP contribution in [0.15, 0.2) is 12.4 Å². The molecule has 1 aromatic rings. The van der Waals surface area contributed by atoms with Crippen molar-refractivity contribution in [3.05, 3.63) is 18.2 Å². The Morgan fingerprint density at radius 1 is 1.62 bits per heavy atom. The minimum absolute atomic E-state index is 0.0854. The third kappa shape index (κ3) is 3.66. The summed E-state index contributed by atoms with van der Waals surface area (Å²) in [6, 6.07) is 0.233. The lowest BCUT2D eigenvalue weighted by Gasteiger charge is -2.24. The van der Waals surface area contributed by atoms with Crippen molar-refractivity contribution in [2.75, 3.05) is 13.1 Å². The zero-order valence-electron chi connectivity index (χ0n) is 10.1. The van der Waals surface area contributed by atoms with Crippen molar-refractivity contribution in [1.82, 2.24) is 14.5 Å². The number of carboxylic acids is 1. The first-order chi connectivity index (χ1) is 7.50. The summed E-state index contributed by atoms with van der Waals surface area (Å²) in [7, 11) is 1.94. The Morgan fingerprint density at radius 2 is 2.31 bits per heavy atom. The molecule has 0 saturated heterocycles. The van der Waals surface area contributed by atoms with Gasteiger partial charge in [-0.25, -0.2) is 4.98 Å². The van der Waals surface area contributed by atoms with Crippen LogP contribution in [0, 0.1) is 0 Å². The summed E-state index contributed by atoms with van der Waals surface area (Å²) >= 11 is 0. The molecule has 90 valence electrons. The lowest BCUT2D eigenvalue weighted by atomic mass is 10.2. The van der Waals surface area contributed by atoms with Gasteiger partial charge in [0, 0.05) is 38.4 Å². The highest BCUT2D eigenvalue weighted by atomic mass is 16.4. The van der Waals surface area contributed by atoms with Crippen molar-refractivity contribution >= 4 is 5.97 Å². The van der Waals surface area contributed by atoms with Gasteiger partial charge in [0.25, 0.3) is 0 Å². The summed E-state index contributed by atoms with van der Waals surface area (Å²) in [5, 5.41) is 8.78. The second-order valence-electron chi connectivity index (χ2n) is 4.16. The minimum atomic E-state index is -0.784. The molecule has 0 aliphatic carbocycles. The fraction of sp³-hybridized carbons (Fsp3) is 0.636. The summed E-state index contributed by atoms with van der Waals surface area (Å²) in [4.78, 5) is 16.8. The predicted molar refractivity (Wildman–Crippen MR) is 61.3 cm³/mol. The first-order valence-corrected chi connectivity index (χ1v) is 5.42. The lowest BCUT2D eigenvalue weighted by Crippen LogP contribution is -2.37. The fourth-order valence-electron chi connectivity index (χ4n) is 1.57. The quantitative estimate of drug-likeness (QED) is 0.776. The van der Waals surface area contributed by atoms with Crippen LogP contribution in [0.1, 0.15) is 19.7 Å². The number of imidazole rings is 1. The van der Waals surface area contributed by atoms with Crippen molar-refractivity contribution in [1.29, 1.82) is 0 Å². The number of nitrogens with zero attached hydrogens (tertiary/aromatic N) is 3. The van der Waals surface area contributed by atoms with Gasteiger partial charge in [0.1, 0.15) is 5.82 Å². The molecule has 0 saturated carbocycles. The van der Waals surface area contributed by atoms with Crippen molar-refractivity contribution in [2.45, 2.75) is 26.3 Å². The zero-order chi connectivity index (χ0) is 12.1. The van der Waals surface area contributed by atoms with Crippen molar-refractivity contribution in [3.8, 4) is 0 Å². The van der Waals surface area contributed by atoms with E-state index >= 15 is 0 Å². The normalized spacial score (nSPS) is 11.3. The van der Waals surface area contributed by atoms with Crippen molar-refractivity contribution in [2.24, 2.45) is 7.05 Å². The number of aliphatic carboxylic acids is 1. The Hall–Kier alpha value is -1.36. The van der Waals surface area contributed by atoms with Gasteiger partial charge in [0.05, 0.1) is 6.54 Å². The maximum Gasteiger partial charge on any atom is 0.317 e. The van der Waals surface area contributed by atoms with Gasteiger partial charge in [-0.05, 0) is 13.8 Å². The molecule has 1 aromatic heterocycles. The molecule has 5 heteroatoms. The minimum Gasteiger partial charge on any atom is -0.480 e. The second-order valence-corrected chi connectivity index (χ2v) is 4.16. The van der Waals surface area contributed by atoms with Gasteiger partial charge in [-0.3, -0.25) is 9.69 Å². The molecule has 0 bridgehead atoms.